The third-order valence-corrected chi connectivity index (χ3v) is 7.27. The van der Waals surface area contributed by atoms with Gasteiger partial charge >= 0.3 is 0 Å². The molecule has 2 unspecified atom stereocenters. The van der Waals surface area contributed by atoms with Crippen LogP contribution in [0.5, 0.6) is 0 Å². The number of nitrogens with one attached hydrogen (secondary N) is 2. The number of hydrogen-bond donors (Lipinski definition) is 3. The second-order valence-electron chi connectivity index (χ2n) is 9.34. The number of unbranched alkanes of at least 4 members (excludes halogenated alkanes) is 2. The highest BCUT2D eigenvalue weighted by molar-refractivity contribution is 6.02. The lowest BCUT2D eigenvalue weighted by Gasteiger charge is -2.33. The number of hydrogen-bond acceptors (Lipinski definition) is 5. The molecule has 3 N–H and O–H groups in total. The molecule has 3 amide bonds. The lowest BCUT2D eigenvalue weighted by Crippen LogP contribution is -2.55. The van der Waals surface area contributed by atoms with Gasteiger partial charge in [0.1, 0.15) is 11.6 Å². The molecule has 3 aliphatic heterocycles. The Bertz CT molecular complexity index is 878. The predicted octanol–water partition coefficient (Wildman–Crippen LogP) is 1.69. The average molecular weight is 444 g/mol. The molecule has 32 heavy (non-hydrogen) atoms. The maximum Gasteiger partial charge on any atom is 0.245 e. The van der Waals surface area contributed by atoms with Crippen molar-refractivity contribution in [1.82, 2.24) is 10.2 Å². The number of carbonyl (C=O) groups is 3. The Labute approximate surface area is 188 Å². The maximum absolute atomic E-state index is 13.5. The Morgan fingerprint density at radius 1 is 1.19 bits per heavy atom. The first-order valence-corrected chi connectivity index (χ1v) is 11.6. The Morgan fingerprint density at radius 3 is 2.62 bits per heavy atom. The molecule has 4 rings (SSSR count). The van der Waals surface area contributed by atoms with E-state index in [1.54, 1.807) is 12.1 Å². The summed E-state index contributed by atoms with van der Waals surface area (Å²) in [6.07, 6.45) is 4.04. The largest absolute Gasteiger partial charge is 0.395 e. The molecule has 0 aliphatic carbocycles. The number of para-hydroxylation sites is 1. The first-order valence-electron chi connectivity index (χ1n) is 11.6. The lowest BCUT2D eigenvalue weighted by molar-refractivity contribution is -0.145. The van der Waals surface area contributed by atoms with E-state index in [1.165, 1.54) is 4.90 Å². The van der Waals surface area contributed by atoms with Crippen molar-refractivity contribution < 1.29 is 24.2 Å². The standard InChI is InChI=1S/C24H33N3O5/c1-3-4-8-13-25-21(30)19-24-12-11-23(2,32-24)17(18(24)22(31)27(19)14-15-28)20(29)26-16-9-6-5-7-10-16/h5-7,9-10,17-19,28H,3-4,8,11-15H2,1-2H3,(H,25,30)(H,26,29)/t17-,18-,19?,23+,24?/m0/s1. The number of likely N-dealkylation sites (tertiary alicyclic amines) is 1. The summed E-state index contributed by atoms with van der Waals surface area (Å²) in [7, 11) is 0. The molecule has 1 spiro atoms. The fourth-order valence-corrected chi connectivity index (χ4v) is 5.90. The number of nitrogens with zero attached hydrogens (tertiary/aromatic N) is 1. The zero-order valence-electron chi connectivity index (χ0n) is 18.8. The van der Waals surface area contributed by atoms with Gasteiger partial charge in [-0.15, -0.1) is 0 Å². The van der Waals surface area contributed by atoms with Gasteiger partial charge in [0, 0.05) is 18.8 Å². The van der Waals surface area contributed by atoms with E-state index in [1.807, 2.05) is 25.1 Å². The summed E-state index contributed by atoms with van der Waals surface area (Å²) < 4.78 is 6.49. The predicted molar refractivity (Wildman–Crippen MR) is 119 cm³/mol. The third kappa shape index (κ3) is 3.59. The number of benzene rings is 1. The van der Waals surface area contributed by atoms with Crippen molar-refractivity contribution in [3.8, 4) is 0 Å². The van der Waals surface area contributed by atoms with Gasteiger partial charge in [0.2, 0.25) is 17.7 Å². The van der Waals surface area contributed by atoms with Crippen molar-refractivity contribution in [2.75, 3.05) is 25.0 Å². The van der Waals surface area contributed by atoms with Gasteiger partial charge < -0.3 is 25.4 Å². The fourth-order valence-electron chi connectivity index (χ4n) is 5.90. The number of aliphatic hydroxyl groups excluding tert-OH is 1. The van der Waals surface area contributed by atoms with Crippen LogP contribution in [0.4, 0.5) is 5.69 Å². The van der Waals surface area contributed by atoms with Crippen LogP contribution in [0.15, 0.2) is 30.3 Å². The van der Waals surface area contributed by atoms with Crippen molar-refractivity contribution in [2.24, 2.45) is 11.8 Å². The molecule has 0 radical (unpaired) electrons. The molecule has 3 fully saturated rings. The second-order valence-corrected chi connectivity index (χ2v) is 9.34. The van der Waals surface area contributed by atoms with Gasteiger partial charge in [0.15, 0.2) is 0 Å². The summed E-state index contributed by atoms with van der Waals surface area (Å²) in [4.78, 5) is 41.6. The van der Waals surface area contributed by atoms with Gasteiger partial charge in [-0.2, -0.15) is 0 Å². The summed E-state index contributed by atoms with van der Waals surface area (Å²) in [6, 6.07) is 8.28. The number of ether oxygens (including phenoxy) is 1. The second kappa shape index (κ2) is 8.83. The maximum atomic E-state index is 13.5. The molecule has 1 aromatic carbocycles. The molecule has 1 aromatic rings. The van der Waals surface area contributed by atoms with E-state index in [-0.39, 0.29) is 30.9 Å². The Balaban J connectivity index is 1.62. The van der Waals surface area contributed by atoms with Crippen molar-refractivity contribution in [3.05, 3.63) is 30.3 Å². The number of β-amino-alcohol motifs (C(OH)–C–C–N with tert-alkyl or cyclic N) is 1. The summed E-state index contributed by atoms with van der Waals surface area (Å²) in [6.45, 7) is 4.27. The topological polar surface area (TPSA) is 108 Å². The van der Waals surface area contributed by atoms with Gasteiger partial charge in [-0.1, -0.05) is 38.0 Å². The van der Waals surface area contributed by atoms with Gasteiger partial charge in [-0.05, 0) is 38.3 Å². The zero-order valence-corrected chi connectivity index (χ0v) is 18.8. The van der Waals surface area contributed by atoms with Crippen molar-refractivity contribution >= 4 is 23.4 Å². The Morgan fingerprint density at radius 2 is 1.94 bits per heavy atom. The molecule has 3 heterocycles. The van der Waals surface area contributed by atoms with Gasteiger partial charge in [0.25, 0.3) is 0 Å². The number of rotatable bonds is 9. The molecule has 0 saturated carbocycles. The molecule has 8 heteroatoms. The lowest BCUT2D eigenvalue weighted by atomic mass is 9.66. The van der Waals surface area contributed by atoms with E-state index < -0.39 is 29.1 Å². The average Bonchev–Trinajstić information content (AvgIpc) is 3.33. The summed E-state index contributed by atoms with van der Waals surface area (Å²) in [5, 5.41) is 15.5. The number of aliphatic hydroxyl groups is 1. The quantitative estimate of drug-likeness (QED) is 0.504. The van der Waals surface area contributed by atoms with Gasteiger partial charge in [0.05, 0.1) is 24.0 Å². The van der Waals surface area contributed by atoms with Crippen molar-refractivity contribution in [3.63, 3.8) is 0 Å². The van der Waals surface area contributed by atoms with Crippen LogP contribution in [0.1, 0.15) is 46.0 Å². The van der Waals surface area contributed by atoms with E-state index in [2.05, 4.69) is 17.6 Å². The van der Waals surface area contributed by atoms with E-state index in [0.29, 0.717) is 25.1 Å². The van der Waals surface area contributed by atoms with Crippen LogP contribution in [0, 0.1) is 11.8 Å². The molecular formula is C24H33N3O5. The minimum atomic E-state index is -1.05. The van der Waals surface area contributed by atoms with Crippen LogP contribution >= 0.6 is 0 Å². The van der Waals surface area contributed by atoms with Crippen LogP contribution in [0.2, 0.25) is 0 Å². The van der Waals surface area contributed by atoms with Crippen LogP contribution in [0.25, 0.3) is 0 Å². The molecule has 5 atom stereocenters. The molecule has 3 aliphatic rings. The number of carbonyl (C=O) groups excluding carboxylic acids is 3. The fraction of sp³-hybridized carbons (Fsp3) is 0.625. The summed E-state index contributed by atoms with van der Waals surface area (Å²) >= 11 is 0. The zero-order chi connectivity index (χ0) is 22.9. The van der Waals surface area contributed by atoms with Crippen LogP contribution in [-0.4, -0.2) is 64.7 Å². The molecule has 2 bridgehead atoms. The molecule has 8 nitrogen and oxygen atoms in total. The highest BCUT2D eigenvalue weighted by atomic mass is 16.5. The minimum absolute atomic E-state index is 0.0389. The third-order valence-electron chi connectivity index (χ3n) is 7.27. The Hall–Kier alpha value is -2.45. The molecule has 3 saturated heterocycles. The molecule has 0 aromatic heterocycles. The first kappa shape index (κ1) is 22.7. The number of amides is 3. The SMILES string of the molecule is CCCCCNC(=O)C1N(CCO)C(=O)[C@@H]2[C@@H](C(=O)Nc3ccccc3)[C@@]3(C)CCC12O3. The highest BCUT2D eigenvalue weighted by Gasteiger charge is 2.77. The van der Waals surface area contributed by atoms with Crippen LogP contribution in [0.3, 0.4) is 0 Å². The monoisotopic (exact) mass is 443 g/mol. The van der Waals surface area contributed by atoms with E-state index in [0.717, 1.165) is 19.3 Å². The summed E-state index contributed by atoms with van der Waals surface area (Å²) in [5.41, 5.74) is -1.21. The van der Waals surface area contributed by atoms with Crippen LogP contribution < -0.4 is 10.6 Å². The van der Waals surface area contributed by atoms with E-state index >= 15 is 0 Å². The number of fused-ring (bicyclic) bond motifs is 1. The van der Waals surface area contributed by atoms with E-state index in [4.69, 9.17) is 4.74 Å². The first-order chi connectivity index (χ1) is 15.4. The smallest absolute Gasteiger partial charge is 0.245 e. The van der Waals surface area contributed by atoms with Gasteiger partial charge in [-0.25, -0.2) is 0 Å². The highest BCUT2D eigenvalue weighted by Crippen LogP contribution is 2.63. The van der Waals surface area contributed by atoms with Crippen LogP contribution in [-0.2, 0) is 19.1 Å². The molecular weight excluding hydrogens is 410 g/mol. The molecule has 174 valence electrons. The van der Waals surface area contributed by atoms with Gasteiger partial charge in [-0.3, -0.25) is 14.4 Å². The van der Waals surface area contributed by atoms with Crippen molar-refractivity contribution in [1.29, 1.82) is 0 Å². The van der Waals surface area contributed by atoms with E-state index in [9.17, 15) is 19.5 Å². The minimum Gasteiger partial charge on any atom is -0.395 e. The summed E-state index contributed by atoms with van der Waals surface area (Å²) in [5.74, 6) is -2.28. The number of anilines is 1. The normalized spacial score (nSPS) is 32.8. The Kier molecular flexibility index (Phi) is 6.27. The van der Waals surface area contributed by atoms with Crippen molar-refractivity contribution in [2.45, 2.75) is 63.2 Å².